The summed E-state index contributed by atoms with van der Waals surface area (Å²) < 4.78 is 35.8. The zero-order valence-corrected chi connectivity index (χ0v) is 9.42. The molecular formula is C10H6ClF3N2O2. The number of alkyl halides is 3. The van der Waals surface area contributed by atoms with E-state index < -0.39 is 23.2 Å². The van der Waals surface area contributed by atoms with Crippen LogP contribution in [0, 0.1) is 0 Å². The molecule has 0 saturated heterocycles. The first-order chi connectivity index (χ1) is 8.21. The summed E-state index contributed by atoms with van der Waals surface area (Å²) in [6.45, 7) is 0. The van der Waals surface area contributed by atoms with E-state index in [1.807, 2.05) is 0 Å². The predicted octanol–water partition coefficient (Wildman–Crippen LogP) is 1.86. The molecule has 1 amide bonds. The summed E-state index contributed by atoms with van der Waals surface area (Å²) in [6, 6.07) is 4.98. The zero-order chi connectivity index (χ0) is 13.9. The molecule has 0 aliphatic carbocycles. The molecule has 0 aromatic heterocycles. The Morgan fingerprint density at radius 3 is 1.94 bits per heavy atom. The molecule has 0 bridgehead atoms. The van der Waals surface area contributed by atoms with Crippen molar-refractivity contribution >= 4 is 28.6 Å². The number of hydrogen-bond donors (Lipinski definition) is 1. The molecule has 2 N–H and O–H groups in total. The third-order valence-corrected chi connectivity index (χ3v) is 2.09. The number of nitrogens with two attached hydrogens (primary N) is 1. The summed E-state index contributed by atoms with van der Waals surface area (Å²) in [5.74, 6) is -2.89. The maximum atomic E-state index is 11.9. The lowest BCUT2D eigenvalue weighted by molar-refractivity contribution is -0.169. The molecule has 1 aromatic rings. The van der Waals surface area contributed by atoms with Crippen molar-refractivity contribution in [1.82, 2.24) is 0 Å². The minimum Gasteiger partial charge on any atom is -0.383 e. The van der Waals surface area contributed by atoms with Gasteiger partial charge in [0, 0.05) is 11.1 Å². The first-order valence-corrected chi connectivity index (χ1v) is 4.85. The van der Waals surface area contributed by atoms with E-state index in [9.17, 15) is 22.8 Å². The van der Waals surface area contributed by atoms with E-state index in [1.54, 1.807) is 0 Å². The maximum Gasteiger partial charge on any atom is 0.473 e. The molecule has 0 atom stereocenters. The van der Waals surface area contributed by atoms with Gasteiger partial charge in [0.05, 0.1) is 0 Å². The number of carbonyl (C=O) groups is 2. The van der Waals surface area contributed by atoms with Crippen LogP contribution < -0.4 is 5.73 Å². The third-order valence-electron chi connectivity index (χ3n) is 1.87. The van der Waals surface area contributed by atoms with Crippen molar-refractivity contribution in [3.05, 3.63) is 35.4 Å². The fraction of sp³-hybridized carbons (Fsp3) is 0.100. The second-order valence-corrected chi connectivity index (χ2v) is 3.49. The third kappa shape index (κ3) is 3.56. The lowest BCUT2D eigenvalue weighted by atomic mass is 10.1. The highest BCUT2D eigenvalue weighted by Gasteiger charge is 2.38. The Bertz CT molecular complexity index is 509. The summed E-state index contributed by atoms with van der Waals surface area (Å²) in [7, 11) is 0. The number of carbonyl (C=O) groups excluding carboxylic acids is 2. The first kappa shape index (κ1) is 14.2. The largest absolute Gasteiger partial charge is 0.473 e. The number of amides is 1. The van der Waals surface area contributed by atoms with Crippen LogP contribution in [0.3, 0.4) is 0 Å². The number of halogens is 4. The van der Waals surface area contributed by atoms with Crippen LogP contribution in [-0.4, -0.2) is 23.2 Å². The predicted molar refractivity (Wildman–Crippen MR) is 58.4 cm³/mol. The zero-order valence-electron chi connectivity index (χ0n) is 8.66. The van der Waals surface area contributed by atoms with E-state index in [0.29, 0.717) is 0 Å². The highest BCUT2D eigenvalue weighted by atomic mass is 35.5. The van der Waals surface area contributed by atoms with Gasteiger partial charge in [0.2, 0.25) is 0 Å². The van der Waals surface area contributed by atoms with Gasteiger partial charge >= 0.3 is 12.1 Å². The maximum absolute atomic E-state index is 11.9. The van der Waals surface area contributed by atoms with Crippen LogP contribution in [-0.2, 0) is 4.79 Å². The van der Waals surface area contributed by atoms with Crippen LogP contribution >= 0.6 is 11.6 Å². The molecule has 0 saturated carbocycles. The molecule has 8 heteroatoms. The summed E-state index contributed by atoms with van der Waals surface area (Å²) >= 11 is 5.18. The van der Waals surface area contributed by atoms with Gasteiger partial charge in [-0.05, 0) is 23.7 Å². The summed E-state index contributed by atoms with van der Waals surface area (Å²) in [5.41, 5.74) is 5.46. The Labute approximate surface area is 104 Å². The van der Waals surface area contributed by atoms with Gasteiger partial charge in [0.15, 0.2) is 0 Å². The van der Waals surface area contributed by atoms with Crippen LogP contribution in [0.2, 0.25) is 0 Å². The molecule has 1 rings (SSSR count). The SMILES string of the molecule is NC(=NC(=O)C(F)(F)F)c1ccc(C(=O)Cl)cc1. The van der Waals surface area contributed by atoms with Crippen LogP contribution in [0.15, 0.2) is 29.3 Å². The van der Waals surface area contributed by atoms with Gasteiger partial charge in [-0.25, -0.2) is 0 Å². The molecule has 0 heterocycles. The average Bonchev–Trinajstić information content (AvgIpc) is 2.27. The highest BCUT2D eigenvalue weighted by Crippen LogP contribution is 2.17. The Kier molecular flexibility index (Phi) is 4.07. The van der Waals surface area contributed by atoms with Crippen molar-refractivity contribution in [2.24, 2.45) is 10.7 Å². The van der Waals surface area contributed by atoms with E-state index in [1.165, 1.54) is 24.3 Å². The minimum atomic E-state index is -5.07. The fourth-order valence-electron chi connectivity index (χ4n) is 1.01. The van der Waals surface area contributed by atoms with Crippen molar-refractivity contribution in [3.8, 4) is 0 Å². The average molecular weight is 279 g/mol. The molecule has 4 nitrogen and oxygen atoms in total. The van der Waals surface area contributed by atoms with Crippen molar-refractivity contribution in [1.29, 1.82) is 0 Å². The number of amidine groups is 1. The Balaban J connectivity index is 2.98. The molecular weight excluding hydrogens is 273 g/mol. The van der Waals surface area contributed by atoms with Gasteiger partial charge in [0.25, 0.3) is 5.24 Å². The van der Waals surface area contributed by atoms with Crippen molar-refractivity contribution < 1.29 is 22.8 Å². The smallest absolute Gasteiger partial charge is 0.383 e. The van der Waals surface area contributed by atoms with E-state index in [4.69, 9.17) is 17.3 Å². The Morgan fingerprint density at radius 1 is 1.11 bits per heavy atom. The number of aliphatic imine (C=N–C) groups is 1. The minimum absolute atomic E-state index is 0.0780. The molecule has 96 valence electrons. The normalized spacial score (nSPS) is 12.3. The van der Waals surface area contributed by atoms with E-state index in [-0.39, 0.29) is 11.1 Å². The summed E-state index contributed by atoms with van der Waals surface area (Å²) in [4.78, 5) is 24.0. The topological polar surface area (TPSA) is 72.5 Å². The Morgan fingerprint density at radius 2 is 1.56 bits per heavy atom. The molecule has 0 aliphatic rings. The van der Waals surface area contributed by atoms with E-state index in [2.05, 4.69) is 4.99 Å². The molecule has 0 aliphatic heterocycles. The quantitative estimate of drug-likeness (QED) is 0.510. The number of benzene rings is 1. The van der Waals surface area contributed by atoms with Gasteiger partial charge in [-0.1, -0.05) is 12.1 Å². The first-order valence-electron chi connectivity index (χ1n) is 4.47. The van der Waals surface area contributed by atoms with Crippen LogP contribution in [0.1, 0.15) is 15.9 Å². The molecule has 0 fully saturated rings. The molecule has 0 unspecified atom stereocenters. The fourth-order valence-corrected chi connectivity index (χ4v) is 1.14. The lowest BCUT2D eigenvalue weighted by Crippen LogP contribution is -2.25. The lowest BCUT2D eigenvalue weighted by Gasteiger charge is -2.03. The molecule has 18 heavy (non-hydrogen) atoms. The molecule has 0 radical (unpaired) electrons. The number of nitrogens with zero attached hydrogens (tertiary/aromatic N) is 1. The standard InChI is InChI=1S/C10H6ClF3N2O2/c11-7(17)5-1-3-6(4-2-5)8(15)16-9(18)10(12,13)14/h1-4H,(H2,15,16,18). The van der Waals surface area contributed by atoms with Crippen molar-refractivity contribution in [2.75, 3.05) is 0 Å². The van der Waals surface area contributed by atoms with E-state index >= 15 is 0 Å². The highest BCUT2D eigenvalue weighted by molar-refractivity contribution is 6.67. The molecule has 0 spiro atoms. The Hall–Kier alpha value is -1.89. The number of rotatable bonds is 2. The summed E-state index contributed by atoms with van der Waals surface area (Å²) in [5, 5.41) is -0.719. The van der Waals surface area contributed by atoms with Gasteiger partial charge in [-0.15, -0.1) is 0 Å². The van der Waals surface area contributed by atoms with E-state index in [0.717, 1.165) is 0 Å². The van der Waals surface area contributed by atoms with Crippen LogP contribution in [0.5, 0.6) is 0 Å². The van der Waals surface area contributed by atoms with Gasteiger partial charge in [0.1, 0.15) is 5.84 Å². The second kappa shape index (κ2) is 5.18. The van der Waals surface area contributed by atoms with Gasteiger partial charge < -0.3 is 5.73 Å². The summed E-state index contributed by atoms with van der Waals surface area (Å²) in [6.07, 6.45) is -5.07. The second-order valence-electron chi connectivity index (χ2n) is 3.15. The van der Waals surface area contributed by atoms with Crippen LogP contribution in [0.4, 0.5) is 13.2 Å². The van der Waals surface area contributed by atoms with Crippen molar-refractivity contribution in [2.45, 2.75) is 6.18 Å². The monoisotopic (exact) mass is 278 g/mol. The van der Waals surface area contributed by atoms with Gasteiger partial charge in [-0.3, -0.25) is 9.59 Å². The molecule has 1 aromatic carbocycles. The van der Waals surface area contributed by atoms with Gasteiger partial charge in [-0.2, -0.15) is 18.2 Å². The van der Waals surface area contributed by atoms with Crippen molar-refractivity contribution in [3.63, 3.8) is 0 Å². The number of hydrogen-bond acceptors (Lipinski definition) is 2. The van der Waals surface area contributed by atoms with Crippen LogP contribution in [0.25, 0.3) is 0 Å².